The van der Waals surface area contributed by atoms with Gasteiger partial charge in [-0.25, -0.2) is 14.4 Å². The van der Waals surface area contributed by atoms with Gasteiger partial charge < -0.3 is 0 Å². The molecule has 0 unspecified atom stereocenters. The van der Waals surface area contributed by atoms with Crippen molar-refractivity contribution in [3.05, 3.63) is 31.5 Å². The molecule has 1 aromatic rings. The van der Waals surface area contributed by atoms with E-state index < -0.39 is 17.1 Å². The molecular weight excluding hydrogens is 278 g/mol. The summed E-state index contributed by atoms with van der Waals surface area (Å²) in [4.78, 5) is 32.3. The van der Waals surface area contributed by atoms with Gasteiger partial charge in [0.15, 0.2) is 0 Å². The van der Waals surface area contributed by atoms with Crippen molar-refractivity contribution in [3.63, 3.8) is 0 Å². The molecule has 0 radical (unpaired) electrons. The topological polar surface area (TPSA) is 66.0 Å². The van der Waals surface area contributed by atoms with Crippen molar-refractivity contribution in [2.24, 2.45) is 0 Å². The van der Waals surface area contributed by atoms with Gasteiger partial charge in [0.2, 0.25) is 0 Å². The molecule has 14 heavy (non-hydrogen) atoms. The maximum absolute atomic E-state index is 10.8. The van der Waals surface area contributed by atoms with Gasteiger partial charge in [0.05, 0.1) is 0 Å². The van der Waals surface area contributed by atoms with Crippen LogP contribution >= 0.6 is 35.3 Å². The van der Waals surface area contributed by atoms with Gasteiger partial charge in [-0.3, -0.25) is 0 Å². The Hall–Kier alpha value is 1.28. The Morgan fingerprint density at radius 3 is 0.929 bits per heavy atom. The Balaban J connectivity index is 0. The first kappa shape index (κ1) is 17.7. The molecule has 0 saturated carbocycles. The molecule has 0 N–H and O–H groups in total. The van der Waals surface area contributed by atoms with Crippen LogP contribution in [0.3, 0.4) is 0 Å². The average Bonchev–Trinajstić information content (AvgIpc) is 2.08. The molecule has 0 amide bonds. The summed E-state index contributed by atoms with van der Waals surface area (Å²) in [5.74, 6) is 0. The number of halogens is 3. The summed E-state index contributed by atoms with van der Waals surface area (Å²) >= 11 is 15.3. The number of hydrogen-bond donors (Lipinski definition) is 0. The molecule has 70 valence electrons. The molecule has 0 aliphatic heterocycles. The van der Waals surface area contributed by atoms with Gasteiger partial charge in [-0.15, -0.1) is 12.3 Å². The molecule has 0 spiro atoms. The quantitative estimate of drug-likeness (QED) is 0.510. The summed E-state index contributed by atoms with van der Waals surface area (Å²) in [5.41, 5.74) is -3.49. The molecule has 0 bridgehead atoms. The van der Waals surface area contributed by atoms with Crippen LogP contribution < -0.4 is 17.1 Å². The molecule has 0 fully saturated rings. The van der Waals surface area contributed by atoms with Crippen molar-refractivity contribution in [1.82, 2.24) is 12.3 Å². The van der Waals surface area contributed by atoms with E-state index in [1.54, 1.807) is 0 Å². The molecule has 0 atom stereocenters. The van der Waals surface area contributed by atoms with E-state index in [4.69, 9.17) is 35.3 Å². The molecule has 6 nitrogen and oxygen atoms in total. The van der Waals surface area contributed by atoms with Crippen LogP contribution in [0.15, 0.2) is 14.4 Å². The van der Waals surface area contributed by atoms with E-state index >= 15 is 0 Å². The van der Waals surface area contributed by atoms with E-state index in [9.17, 15) is 14.4 Å². The fourth-order valence-corrected chi connectivity index (χ4v) is 1.05. The first-order valence-corrected chi connectivity index (χ1v) is 3.48. The second-order valence-corrected chi connectivity index (χ2v) is 2.70. The van der Waals surface area contributed by atoms with E-state index in [-0.39, 0.29) is 71.4 Å². The monoisotopic (exact) mass is 279 g/mol. The van der Waals surface area contributed by atoms with Gasteiger partial charge in [-0.2, -0.15) is 0 Å². The fourth-order valence-electron chi connectivity index (χ4n) is 0.477. The summed E-state index contributed by atoms with van der Waals surface area (Å²) in [6.07, 6.45) is 0. The zero-order valence-corrected chi connectivity index (χ0v) is 7.47. The van der Waals surface area contributed by atoms with Gasteiger partial charge >= 0.3 is 76.2 Å². The van der Waals surface area contributed by atoms with Crippen molar-refractivity contribution < 1.29 is 0 Å². The summed E-state index contributed by atoms with van der Waals surface area (Å²) in [5, 5.41) is 0. The molecule has 0 saturated heterocycles. The maximum atomic E-state index is 10.8. The van der Waals surface area contributed by atoms with Gasteiger partial charge in [-0.05, 0) is 0 Å². The average molecular weight is 280 g/mol. The molecule has 11 heteroatoms. The van der Waals surface area contributed by atoms with E-state index in [0.29, 0.717) is 0 Å². The second kappa shape index (κ2) is 6.78. The molecule has 0 aliphatic carbocycles. The van der Waals surface area contributed by atoms with Crippen LogP contribution in [0.2, 0.25) is 0 Å². The Morgan fingerprint density at radius 1 is 0.643 bits per heavy atom. The Kier molecular flexibility index (Phi) is 8.55. The van der Waals surface area contributed by atoms with Crippen LogP contribution in [0.4, 0.5) is 0 Å². The van der Waals surface area contributed by atoms with Crippen LogP contribution in [-0.2, 0) is 0 Å². The normalized spacial score (nSPS) is 8.79. The molecule has 1 aromatic heterocycles. The van der Waals surface area contributed by atoms with Crippen LogP contribution in [0.1, 0.15) is 0 Å². The predicted octanol–water partition coefficient (Wildman–Crippen LogP) is -2.12. The van der Waals surface area contributed by atoms with Gasteiger partial charge in [-0.1, -0.05) is 0 Å². The second-order valence-electron chi connectivity index (χ2n) is 1.69. The zero-order valence-electron chi connectivity index (χ0n) is 5.20. The van der Waals surface area contributed by atoms with Gasteiger partial charge in [0.1, 0.15) is 0 Å². The first-order chi connectivity index (χ1) is 5.46. The molecule has 0 aromatic carbocycles. The van der Waals surface area contributed by atoms with Crippen LogP contribution in [0, 0.1) is 0 Å². The number of nitrogens with zero attached hydrogens (tertiary/aromatic N) is 3. The van der Waals surface area contributed by atoms with E-state index in [2.05, 4.69) is 0 Å². The van der Waals surface area contributed by atoms with Crippen molar-refractivity contribution >= 4 is 94.4 Å². The Bertz CT molecular complexity index is 389. The number of rotatable bonds is 0. The van der Waals surface area contributed by atoms with Crippen molar-refractivity contribution in [2.75, 3.05) is 0 Å². The standard InChI is InChI=1S/C3Cl3N3O3.2Na.2H/c4-7-1(10)8(5)3(12)9(6)2(7)11;;;;. The first-order valence-electron chi connectivity index (χ1n) is 2.46. The van der Waals surface area contributed by atoms with E-state index in [1.165, 1.54) is 0 Å². The Morgan fingerprint density at radius 2 is 0.786 bits per heavy atom. The minimum absolute atomic E-state index is 0. The predicted molar refractivity (Wildman–Crippen MR) is 57.3 cm³/mol. The summed E-state index contributed by atoms with van der Waals surface area (Å²) in [6.45, 7) is 0. The van der Waals surface area contributed by atoms with Crippen LogP contribution in [0.5, 0.6) is 0 Å². The fraction of sp³-hybridized carbons (Fsp3) is 0. The van der Waals surface area contributed by atoms with Crippen molar-refractivity contribution in [1.29, 1.82) is 0 Å². The summed E-state index contributed by atoms with van der Waals surface area (Å²) < 4.78 is 0.254. The third kappa shape index (κ3) is 3.13. The summed E-state index contributed by atoms with van der Waals surface area (Å²) in [7, 11) is 0. The molecule has 1 rings (SSSR count). The molecule has 1 heterocycles. The van der Waals surface area contributed by atoms with Crippen molar-refractivity contribution in [3.8, 4) is 0 Å². The Labute approximate surface area is 136 Å². The number of hydrogen-bond acceptors (Lipinski definition) is 3. The van der Waals surface area contributed by atoms with Gasteiger partial charge in [0, 0.05) is 35.3 Å². The SMILES string of the molecule is O=c1n(Cl)c(=O)n(Cl)c(=O)n1Cl.[NaH].[NaH]. The minimum atomic E-state index is -1.16. The van der Waals surface area contributed by atoms with Crippen molar-refractivity contribution in [2.45, 2.75) is 0 Å². The number of aromatic nitrogens is 3. The van der Waals surface area contributed by atoms with Gasteiger partial charge in [0.25, 0.3) is 0 Å². The molecular formula is C3H2Cl3N3Na2O3. The van der Waals surface area contributed by atoms with Crippen LogP contribution in [0.25, 0.3) is 0 Å². The third-order valence-electron chi connectivity index (χ3n) is 1.01. The van der Waals surface area contributed by atoms with Crippen LogP contribution in [-0.4, -0.2) is 71.4 Å². The molecule has 0 aliphatic rings. The zero-order chi connectivity index (χ0) is 9.46. The third-order valence-corrected chi connectivity index (χ3v) is 1.88. The van der Waals surface area contributed by atoms with E-state index in [1.807, 2.05) is 0 Å². The summed E-state index contributed by atoms with van der Waals surface area (Å²) in [6, 6.07) is 0. The van der Waals surface area contributed by atoms with E-state index in [0.717, 1.165) is 0 Å².